The lowest BCUT2D eigenvalue weighted by molar-refractivity contribution is 0.0958. The predicted molar refractivity (Wildman–Crippen MR) is 87.6 cm³/mol. The number of primary sulfonamides is 1. The molecule has 0 aliphatic heterocycles. The summed E-state index contributed by atoms with van der Waals surface area (Å²) in [7, 11) is -3.66. The fourth-order valence-electron chi connectivity index (χ4n) is 1.94. The number of amides is 1. The number of nitrogens with two attached hydrogens (primary N) is 1. The third-order valence-electron chi connectivity index (χ3n) is 3.34. The molecule has 0 saturated carbocycles. The Morgan fingerprint density at radius 2 is 1.86 bits per heavy atom. The summed E-state index contributed by atoms with van der Waals surface area (Å²) in [5.74, 6) is -0.0812. The minimum absolute atomic E-state index is 0.0812. The van der Waals surface area contributed by atoms with Crippen molar-refractivity contribution < 1.29 is 13.2 Å². The Hall–Kier alpha value is -1.70. The van der Waals surface area contributed by atoms with Crippen LogP contribution < -0.4 is 10.5 Å². The Kier molecular flexibility index (Phi) is 5.00. The maximum absolute atomic E-state index is 12.0. The van der Waals surface area contributed by atoms with Gasteiger partial charge in [0.2, 0.25) is 10.0 Å². The van der Waals surface area contributed by atoms with Gasteiger partial charge in [-0.3, -0.25) is 4.79 Å². The van der Waals surface area contributed by atoms with Crippen molar-refractivity contribution in [3.8, 4) is 0 Å². The highest BCUT2D eigenvalue weighted by Gasteiger charge is 2.10. The van der Waals surface area contributed by atoms with E-state index in [1.165, 1.54) is 23.5 Å². The molecule has 118 valence electrons. The lowest BCUT2D eigenvalue weighted by Crippen LogP contribution is -2.24. The van der Waals surface area contributed by atoms with Crippen molar-refractivity contribution in [3.63, 3.8) is 0 Å². The van der Waals surface area contributed by atoms with Gasteiger partial charge in [-0.2, -0.15) is 0 Å². The molecule has 1 aromatic carbocycles. The van der Waals surface area contributed by atoms with Crippen LogP contribution in [0.2, 0.25) is 0 Å². The number of benzene rings is 1. The van der Waals surface area contributed by atoms with Crippen LogP contribution in [-0.2, 0) is 16.4 Å². The topological polar surface area (TPSA) is 89.3 Å². The van der Waals surface area contributed by atoms with Crippen LogP contribution in [0.25, 0.3) is 0 Å². The largest absolute Gasteiger partial charge is 0.351 e. The van der Waals surface area contributed by atoms with Crippen LogP contribution in [0.1, 0.15) is 25.7 Å². The van der Waals surface area contributed by atoms with Crippen molar-refractivity contribution in [2.75, 3.05) is 6.54 Å². The molecule has 0 unspecified atom stereocenters. The summed E-state index contributed by atoms with van der Waals surface area (Å²) >= 11 is 1.48. The maximum Gasteiger partial charge on any atom is 0.261 e. The SMILES string of the molecule is Cc1cc(C(=O)NCCc2ccc(S(N)(=O)=O)cc2)sc1C. The number of carbonyl (C=O) groups excluding carboxylic acids is 1. The Labute approximate surface area is 134 Å². The molecule has 2 rings (SSSR count). The standard InChI is InChI=1S/C15H18N2O3S2/c1-10-9-14(21-11(10)2)15(18)17-8-7-12-3-5-13(6-4-12)22(16,19)20/h3-6,9H,7-8H2,1-2H3,(H,17,18)(H2,16,19,20). The summed E-state index contributed by atoms with van der Waals surface area (Å²) in [5, 5.41) is 7.90. The molecule has 0 bridgehead atoms. The molecule has 5 nitrogen and oxygen atoms in total. The monoisotopic (exact) mass is 338 g/mol. The van der Waals surface area contributed by atoms with Crippen molar-refractivity contribution in [3.05, 3.63) is 51.2 Å². The van der Waals surface area contributed by atoms with Gasteiger partial charge < -0.3 is 5.32 Å². The average Bonchev–Trinajstić information content (AvgIpc) is 2.78. The summed E-state index contributed by atoms with van der Waals surface area (Å²) < 4.78 is 22.3. The van der Waals surface area contributed by atoms with Crippen LogP contribution in [0, 0.1) is 13.8 Å². The first-order valence-corrected chi connectivity index (χ1v) is 9.10. The van der Waals surface area contributed by atoms with E-state index < -0.39 is 10.0 Å². The normalized spacial score (nSPS) is 11.4. The quantitative estimate of drug-likeness (QED) is 0.873. The number of hydrogen-bond donors (Lipinski definition) is 2. The zero-order valence-electron chi connectivity index (χ0n) is 12.4. The fraction of sp³-hybridized carbons (Fsp3) is 0.267. The van der Waals surface area contributed by atoms with E-state index in [-0.39, 0.29) is 10.8 Å². The number of rotatable bonds is 5. The first-order chi connectivity index (χ1) is 10.3. The van der Waals surface area contributed by atoms with Gasteiger partial charge in [0.1, 0.15) is 0 Å². The fourth-order valence-corrected chi connectivity index (χ4v) is 3.40. The number of nitrogens with one attached hydrogen (secondary N) is 1. The zero-order chi connectivity index (χ0) is 16.3. The molecule has 7 heteroatoms. The first kappa shape index (κ1) is 16.7. The van der Waals surface area contributed by atoms with E-state index in [0.717, 1.165) is 16.0 Å². The Morgan fingerprint density at radius 1 is 1.23 bits per heavy atom. The third-order valence-corrected chi connectivity index (χ3v) is 5.42. The molecule has 0 aliphatic rings. The predicted octanol–water partition coefficient (Wildman–Crippen LogP) is 1.98. The van der Waals surface area contributed by atoms with E-state index in [1.807, 2.05) is 19.9 Å². The lowest BCUT2D eigenvalue weighted by atomic mass is 10.1. The van der Waals surface area contributed by atoms with E-state index in [1.54, 1.807) is 12.1 Å². The molecule has 1 aromatic heterocycles. The molecule has 2 aromatic rings. The Morgan fingerprint density at radius 3 is 2.36 bits per heavy atom. The van der Waals surface area contributed by atoms with E-state index >= 15 is 0 Å². The number of sulfonamides is 1. The molecule has 1 amide bonds. The summed E-state index contributed by atoms with van der Waals surface area (Å²) in [5.41, 5.74) is 2.06. The van der Waals surface area contributed by atoms with Gasteiger partial charge in [-0.1, -0.05) is 12.1 Å². The first-order valence-electron chi connectivity index (χ1n) is 6.74. The molecule has 1 heterocycles. The molecule has 0 atom stereocenters. The number of carbonyl (C=O) groups is 1. The maximum atomic E-state index is 12.0. The summed E-state index contributed by atoms with van der Waals surface area (Å²) in [6.45, 7) is 4.46. The van der Waals surface area contributed by atoms with Gasteiger partial charge in [0.25, 0.3) is 5.91 Å². The smallest absolute Gasteiger partial charge is 0.261 e. The van der Waals surface area contributed by atoms with Gasteiger partial charge in [0.15, 0.2) is 0 Å². The van der Waals surface area contributed by atoms with Crippen LogP contribution in [0.3, 0.4) is 0 Å². The molecule has 0 aliphatic carbocycles. The second-order valence-corrected chi connectivity index (χ2v) is 7.86. The summed E-state index contributed by atoms with van der Waals surface area (Å²) in [6.07, 6.45) is 0.625. The highest BCUT2D eigenvalue weighted by molar-refractivity contribution is 7.89. The molecule has 0 fully saturated rings. The van der Waals surface area contributed by atoms with Crippen molar-refractivity contribution in [1.29, 1.82) is 0 Å². The van der Waals surface area contributed by atoms with Crippen LogP contribution >= 0.6 is 11.3 Å². The number of thiophene rings is 1. The number of aryl methyl sites for hydroxylation is 2. The van der Waals surface area contributed by atoms with E-state index in [0.29, 0.717) is 17.8 Å². The van der Waals surface area contributed by atoms with Crippen LogP contribution in [0.4, 0.5) is 0 Å². The second kappa shape index (κ2) is 6.60. The molecular formula is C15H18N2O3S2. The van der Waals surface area contributed by atoms with Crippen molar-refractivity contribution in [2.24, 2.45) is 5.14 Å². The summed E-state index contributed by atoms with van der Waals surface area (Å²) in [6, 6.07) is 8.23. The minimum Gasteiger partial charge on any atom is -0.351 e. The van der Waals surface area contributed by atoms with Gasteiger partial charge in [0.05, 0.1) is 9.77 Å². The Bertz CT molecular complexity index is 758. The van der Waals surface area contributed by atoms with E-state index in [4.69, 9.17) is 5.14 Å². The van der Waals surface area contributed by atoms with Crippen LogP contribution in [0.5, 0.6) is 0 Å². The molecule has 3 N–H and O–H groups in total. The molecular weight excluding hydrogens is 320 g/mol. The Balaban J connectivity index is 1.90. The third kappa shape index (κ3) is 4.16. The van der Waals surface area contributed by atoms with E-state index in [2.05, 4.69) is 5.32 Å². The van der Waals surface area contributed by atoms with Crippen molar-refractivity contribution >= 4 is 27.3 Å². The minimum atomic E-state index is -3.66. The molecule has 0 spiro atoms. The van der Waals surface area contributed by atoms with Crippen LogP contribution in [0.15, 0.2) is 35.2 Å². The average molecular weight is 338 g/mol. The number of hydrogen-bond acceptors (Lipinski definition) is 4. The van der Waals surface area contributed by atoms with Gasteiger partial charge >= 0.3 is 0 Å². The van der Waals surface area contributed by atoms with Gasteiger partial charge in [-0.15, -0.1) is 11.3 Å². The van der Waals surface area contributed by atoms with Gasteiger partial charge in [-0.25, -0.2) is 13.6 Å². The second-order valence-electron chi connectivity index (χ2n) is 5.04. The molecule has 0 saturated heterocycles. The van der Waals surface area contributed by atoms with Gasteiger partial charge in [-0.05, 0) is 49.6 Å². The van der Waals surface area contributed by atoms with E-state index in [9.17, 15) is 13.2 Å². The van der Waals surface area contributed by atoms with Gasteiger partial charge in [0, 0.05) is 11.4 Å². The van der Waals surface area contributed by atoms with Crippen molar-refractivity contribution in [1.82, 2.24) is 5.32 Å². The highest BCUT2D eigenvalue weighted by Crippen LogP contribution is 2.20. The van der Waals surface area contributed by atoms with Crippen molar-refractivity contribution in [2.45, 2.75) is 25.2 Å². The van der Waals surface area contributed by atoms with Crippen LogP contribution in [-0.4, -0.2) is 20.9 Å². The molecule has 22 heavy (non-hydrogen) atoms. The lowest BCUT2D eigenvalue weighted by Gasteiger charge is -2.05. The summed E-state index contributed by atoms with van der Waals surface area (Å²) in [4.78, 5) is 13.9. The molecule has 0 radical (unpaired) electrons. The highest BCUT2D eigenvalue weighted by atomic mass is 32.2. The zero-order valence-corrected chi connectivity index (χ0v) is 14.1.